The first-order valence-electron chi connectivity index (χ1n) is 7.70. The highest BCUT2D eigenvalue weighted by Gasteiger charge is 2.38. The molecule has 0 radical (unpaired) electrons. The Labute approximate surface area is 128 Å². The molecule has 1 unspecified atom stereocenters. The summed E-state index contributed by atoms with van der Waals surface area (Å²) in [6, 6.07) is 4.98. The molecule has 0 bridgehead atoms. The lowest BCUT2D eigenvalue weighted by Crippen LogP contribution is -2.42. The summed E-state index contributed by atoms with van der Waals surface area (Å²) in [6.07, 6.45) is 1.09. The molecule has 21 heavy (non-hydrogen) atoms. The van der Waals surface area contributed by atoms with E-state index in [1.54, 1.807) is 6.07 Å². The zero-order valence-corrected chi connectivity index (χ0v) is 14.8. The fraction of sp³-hybridized carbons (Fsp3) is 0.688. The lowest BCUT2D eigenvalue weighted by atomic mass is 10.1. The minimum absolute atomic E-state index is 0.245. The van der Waals surface area contributed by atoms with Crippen LogP contribution in [-0.2, 0) is 4.43 Å². The average molecular weight is 310 g/mol. The van der Waals surface area contributed by atoms with Crippen LogP contribution in [0.5, 0.6) is 0 Å². The molecule has 3 nitrogen and oxygen atoms in total. The summed E-state index contributed by atoms with van der Waals surface area (Å²) in [5.41, 5.74) is 0. The third-order valence-electron chi connectivity index (χ3n) is 4.80. The fourth-order valence-corrected chi connectivity index (χ4v) is 3.38. The van der Waals surface area contributed by atoms with Crippen molar-refractivity contribution in [1.82, 2.24) is 4.98 Å². The molecule has 1 aromatic heterocycles. The van der Waals surface area contributed by atoms with Gasteiger partial charge in [-0.05, 0) is 36.7 Å². The molecule has 2 heterocycles. The van der Waals surface area contributed by atoms with Crippen molar-refractivity contribution in [3.05, 3.63) is 24.1 Å². The molecule has 0 aliphatic carbocycles. The first-order chi connectivity index (χ1) is 9.69. The molecule has 1 aliphatic rings. The maximum absolute atomic E-state index is 13.2. The van der Waals surface area contributed by atoms with Gasteiger partial charge in [0, 0.05) is 25.6 Å². The van der Waals surface area contributed by atoms with Gasteiger partial charge in [-0.25, -0.2) is 4.98 Å². The second-order valence-electron chi connectivity index (χ2n) is 7.49. The Morgan fingerprint density at radius 1 is 1.38 bits per heavy atom. The van der Waals surface area contributed by atoms with Crippen molar-refractivity contribution in [1.29, 1.82) is 0 Å². The zero-order chi connectivity index (χ0) is 15.7. The number of anilines is 1. The Balaban J connectivity index is 1.89. The van der Waals surface area contributed by atoms with Crippen molar-refractivity contribution in [2.45, 2.75) is 45.3 Å². The minimum Gasteiger partial charge on any atom is -0.416 e. The molecule has 1 atom stereocenters. The van der Waals surface area contributed by atoms with Crippen molar-refractivity contribution >= 4 is 14.1 Å². The van der Waals surface area contributed by atoms with Gasteiger partial charge in [0.1, 0.15) is 5.82 Å². The number of aromatic nitrogens is 1. The minimum atomic E-state index is -1.68. The quantitative estimate of drug-likeness (QED) is 0.619. The van der Waals surface area contributed by atoms with Crippen LogP contribution in [0.25, 0.3) is 0 Å². The number of rotatable bonds is 4. The molecule has 118 valence electrons. The molecule has 1 fully saturated rings. The molecule has 0 aromatic carbocycles. The number of nitrogens with zero attached hydrogens (tertiary/aromatic N) is 2. The van der Waals surface area contributed by atoms with Crippen LogP contribution in [0.3, 0.4) is 0 Å². The van der Waals surface area contributed by atoms with Crippen LogP contribution >= 0.6 is 0 Å². The predicted octanol–water partition coefficient (Wildman–Crippen LogP) is 4.07. The van der Waals surface area contributed by atoms with Crippen LogP contribution in [0.1, 0.15) is 27.2 Å². The van der Waals surface area contributed by atoms with Crippen molar-refractivity contribution in [3.63, 3.8) is 0 Å². The molecule has 5 heteroatoms. The van der Waals surface area contributed by atoms with Gasteiger partial charge in [0.05, 0.1) is 0 Å². The third-order valence-corrected chi connectivity index (χ3v) is 9.30. The van der Waals surface area contributed by atoms with E-state index in [9.17, 15) is 4.39 Å². The summed E-state index contributed by atoms with van der Waals surface area (Å²) >= 11 is 0. The van der Waals surface area contributed by atoms with Gasteiger partial charge in [-0.2, -0.15) is 4.39 Å². The summed E-state index contributed by atoms with van der Waals surface area (Å²) in [5, 5.41) is 0.245. The summed E-state index contributed by atoms with van der Waals surface area (Å²) < 4.78 is 19.5. The van der Waals surface area contributed by atoms with Crippen LogP contribution in [0, 0.1) is 11.9 Å². The highest BCUT2D eigenvalue weighted by atomic mass is 28.4. The van der Waals surface area contributed by atoms with Gasteiger partial charge in [-0.1, -0.05) is 26.8 Å². The third kappa shape index (κ3) is 4.04. The molecular formula is C16H27FN2OSi. The van der Waals surface area contributed by atoms with Crippen LogP contribution in [0.4, 0.5) is 10.2 Å². The van der Waals surface area contributed by atoms with E-state index in [1.165, 1.54) is 6.07 Å². The normalized spacial score (nSPS) is 20.1. The van der Waals surface area contributed by atoms with Crippen molar-refractivity contribution < 1.29 is 8.82 Å². The molecule has 0 spiro atoms. The van der Waals surface area contributed by atoms with E-state index in [1.807, 2.05) is 6.07 Å². The van der Waals surface area contributed by atoms with Gasteiger partial charge in [-0.3, -0.25) is 0 Å². The maximum atomic E-state index is 13.2. The largest absolute Gasteiger partial charge is 0.416 e. The Morgan fingerprint density at radius 3 is 2.71 bits per heavy atom. The van der Waals surface area contributed by atoms with E-state index in [2.05, 4.69) is 43.7 Å². The molecule has 0 saturated carbocycles. The maximum Gasteiger partial charge on any atom is 0.214 e. The Morgan fingerprint density at radius 2 is 2.10 bits per heavy atom. The van der Waals surface area contributed by atoms with E-state index in [-0.39, 0.29) is 5.04 Å². The van der Waals surface area contributed by atoms with Crippen LogP contribution in [-0.4, -0.2) is 33.0 Å². The van der Waals surface area contributed by atoms with Crippen LogP contribution in [0.15, 0.2) is 18.2 Å². The number of pyridine rings is 1. The highest BCUT2D eigenvalue weighted by molar-refractivity contribution is 6.74. The van der Waals surface area contributed by atoms with E-state index in [4.69, 9.17) is 4.43 Å². The Hall–Kier alpha value is -0.943. The van der Waals surface area contributed by atoms with Crippen LogP contribution in [0.2, 0.25) is 18.1 Å². The monoisotopic (exact) mass is 310 g/mol. The Bertz CT molecular complexity index is 487. The van der Waals surface area contributed by atoms with Crippen molar-refractivity contribution in [3.8, 4) is 0 Å². The van der Waals surface area contributed by atoms with Crippen molar-refractivity contribution in [2.24, 2.45) is 5.92 Å². The van der Waals surface area contributed by atoms with Crippen LogP contribution < -0.4 is 4.90 Å². The van der Waals surface area contributed by atoms with Gasteiger partial charge in [0.25, 0.3) is 0 Å². The van der Waals surface area contributed by atoms with Gasteiger partial charge < -0.3 is 9.33 Å². The molecule has 0 amide bonds. The lowest BCUT2D eigenvalue weighted by molar-refractivity contribution is 0.238. The first-order valence-corrected chi connectivity index (χ1v) is 10.6. The van der Waals surface area contributed by atoms with Gasteiger partial charge in [-0.15, -0.1) is 0 Å². The van der Waals surface area contributed by atoms with E-state index in [0.29, 0.717) is 5.92 Å². The molecule has 2 rings (SSSR count). The Kier molecular flexibility index (Phi) is 4.73. The SMILES string of the molecule is CC(C)(C)[Si](C)(C)OCC1CCN(c2cccc(F)n2)C1. The summed E-state index contributed by atoms with van der Waals surface area (Å²) in [7, 11) is -1.68. The molecule has 0 N–H and O–H groups in total. The molecular weight excluding hydrogens is 283 g/mol. The highest BCUT2D eigenvalue weighted by Crippen LogP contribution is 2.37. The van der Waals surface area contributed by atoms with E-state index < -0.39 is 14.3 Å². The summed E-state index contributed by atoms with van der Waals surface area (Å²) in [4.78, 5) is 6.12. The number of hydrogen-bond donors (Lipinski definition) is 0. The van der Waals surface area contributed by atoms with E-state index in [0.717, 1.165) is 31.9 Å². The fourth-order valence-electron chi connectivity index (χ4n) is 2.29. The predicted molar refractivity (Wildman–Crippen MR) is 87.7 cm³/mol. The summed E-state index contributed by atoms with van der Waals surface area (Å²) in [5.74, 6) is 0.850. The topological polar surface area (TPSA) is 25.4 Å². The lowest BCUT2D eigenvalue weighted by Gasteiger charge is -2.37. The molecule has 1 aliphatic heterocycles. The van der Waals surface area contributed by atoms with Gasteiger partial charge in [0.15, 0.2) is 8.32 Å². The smallest absolute Gasteiger partial charge is 0.214 e. The van der Waals surface area contributed by atoms with E-state index >= 15 is 0 Å². The number of hydrogen-bond acceptors (Lipinski definition) is 3. The standard InChI is InChI=1S/C16H27FN2OSi/c1-16(2,3)21(4,5)20-12-13-9-10-19(11-13)15-8-6-7-14(17)18-15/h6-8,13H,9-12H2,1-5H3. The first kappa shape index (κ1) is 16.4. The zero-order valence-electron chi connectivity index (χ0n) is 13.8. The molecule has 1 saturated heterocycles. The van der Waals surface area contributed by atoms with Gasteiger partial charge in [0.2, 0.25) is 5.95 Å². The second-order valence-corrected chi connectivity index (χ2v) is 12.3. The van der Waals surface area contributed by atoms with Gasteiger partial charge >= 0.3 is 0 Å². The second kappa shape index (κ2) is 6.05. The number of halogens is 1. The molecule has 1 aromatic rings. The average Bonchev–Trinajstić information content (AvgIpc) is 2.84. The van der Waals surface area contributed by atoms with Crippen molar-refractivity contribution in [2.75, 3.05) is 24.6 Å². The summed E-state index contributed by atoms with van der Waals surface area (Å²) in [6.45, 7) is 14.0.